The van der Waals surface area contributed by atoms with Gasteiger partial charge in [0.15, 0.2) is 0 Å². The second kappa shape index (κ2) is 15.3. The van der Waals surface area contributed by atoms with E-state index in [1.165, 1.54) is 5.56 Å². The summed E-state index contributed by atoms with van der Waals surface area (Å²) in [6, 6.07) is 10.4. The lowest BCUT2D eigenvalue weighted by Gasteiger charge is -2.41. The molecule has 5 N–H and O–H groups in total. The van der Waals surface area contributed by atoms with Gasteiger partial charge in [0.2, 0.25) is 5.91 Å². The summed E-state index contributed by atoms with van der Waals surface area (Å²) in [6.45, 7) is 18.2. The number of hydrogen-bond donors (Lipinski definition) is 5. The Morgan fingerprint density at radius 2 is 1.62 bits per heavy atom. The average Bonchev–Trinajstić information content (AvgIpc) is 3.04. The number of piperazine rings is 1. The largest absolute Gasteiger partial charge is 0.394 e. The van der Waals surface area contributed by atoms with Crippen LogP contribution in [0.4, 0.5) is 0 Å². The van der Waals surface area contributed by atoms with Crippen molar-refractivity contribution >= 4 is 17.8 Å². The number of Topliss-reactive ketones (excluding diaryl/α,β-unsaturated/α-hetero) is 1. The van der Waals surface area contributed by atoms with Crippen molar-refractivity contribution in [3.8, 4) is 0 Å². The number of aliphatic hydroxyl groups is 4. The number of carbonyl (C=O) groups excluding carboxylic acids is 2. The van der Waals surface area contributed by atoms with Gasteiger partial charge in [-0.15, -0.1) is 0 Å². The van der Waals surface area contributed by atoms with Crippen LogP contribution in [0.5, 0.6) is 0 Å². The Morgan fingerprint density at radius 1 is 0.958 bits per heavy atom. The summed E-state index contributed by atoms with van der Waals surface area (Å²) in [5, 5.41) is 44.6. The van der Waals surface area contributed by atoms with Crippen LogP contribution in [0.1, 0.15) is 98.9 Å². The number of ketones is 1. The van der Waals surface area contributed by atoms with Crippen molar-refractivity contribution in [2.45, 2.75) is 105 Å². The molecule has 0 aliphatic carbocycles. The highest BCUT2D eigenvalue weighted by atomic mass is 16.5. The first kappa shape index (κ1) is 37.9. The molecular formula is C39H56N2O7. The number of benzene rings is 2. The van der Waals surface area contributed by atoms with E-state index in [-0.39, 0.29) is 24.0 Å². The van der Waals surface area contributed by atoms with E-state index in [4.69, 9.17) is 4.74 Å². The van der Waals surface area contributed by atoms with Gasteiger partial charge in [0.25, 0.3) is 0 Å². The Labute approximate surface area is 286 Å². The minimum absolute atomic E-state index is 0.0244. The molecule has 0 saturated carbocycles. The summed E-state index contributed by atoms with van der Waals surface area (Å²) in [5.41, 5.74) is 5.53. The Balaban J connectivity index is 1.52. The zero-order valence-corrected chi connectivity index (χ0v) is 29.9. The van der Waals surface area contributed by atoms with Crippen molar-refractivity contribution in [2.75, 3.05) is 32.8 Å². The van der Waals surface area contributed by atoms with Gasteiger partial charge in [-0.2, -0.15) is 0 Å². The number of amides is 1. The molecule has 4 rings (SSSR count). The maximum absolute atomic E-state index is 13.5. The van der Waals surface area contributed by atoms with Crippen molar-refractivity contribution in [3.63, 3.8) is 0 Å². The molecule has 2 aliphatic heterocycles. The average molecular weight is 665 g/mol. The smallest absolute Gasteiger partial charge is 0.228 e. The fourth-order valence-electron chi connectivity index (χ4n) is 6.77. The van der Waals surface area contributed by atoms with Crippen LogP contribution in [0.2, 0.25) is 0 Å². The van der Waals surface area contributed by atoms with Crippen molar-refractivity contribution in [1.29, 1.82) is 0 Å². The predicted molar refractivity (Wildman–Crippen MR) is 188 cm³/mol. The summed E-state index contributed by atoms with van der Waals surface area (Å²) in [7, 11) is 0. The van der Waals surface area contributed by atoms with E-state index < -0.39 is 48.0 Å². The molecule has 2 heterocycles. The number of rotatable bonds is 11. The molecule has 2 aliphatic rings. The number of carbonyl (C=O) groups is 2. The van der Waals surface area contributed by atoms with Crippen molar-refractivity contribution in [1.82, 2.24) is 10.2 Å². The van der Waals surface area contributed by atoms with Gasteiger partial charge in [0.05, 0.1) is 12.0 Å². The SMILES string of the molecule is Cc1cc(/C=C/C(C)(C)C(=O)CC(C)(C)C(=O)N2CCNCC2)ccc1Cc1cc([C@@H]2O[C@H](CO)[C@H](O)[C@H](O)[C@@H]2O)c(C)cc1C(C)C. The number of nitrogens with zero attached hydrogens (tertiary/aromatic N) is 1. The Morgan fingerprint density at radius 3 is 2.23 bits per heavy atom. The molecule has 0 bridgehead atoms. The lowest BCUT2D eigenvalue weighted by Crippen LogP contribution is -2.55. The molecule has 2 saturated heterocycles. The van der Waals surface area contributed by atoms with E-state index in [1.807, 2.05) is 63.8 Å². The van der Waals surface area contributed by atoms with Crippen molar-refractivity contribution < 1.29 is 34.8 Å². The van der Waals surface area contributed by atoms with Crippen molar-refractivity contribution in [3.05, 3.63) is 75.4 Å². The fourth-order valence-corrected chi connectivity index (χ4v) is 6.77. The maximum Gasteiger partial charge on any atom is 0.228 e. The second-order valence-corrected chi connectivity index (χ2v) is 15.3. The predicted octanol–water partition coefficient (Wildman–Crippen LogP) is 3.99. The molecular weight excluding hydrogens is 608 g/mol. The number of ether oxygens (including phenoxy) is 1. The molecule has 2 aromatic rings. The number of aliphatic hydroxyl groups excluding tert-OH is 4. The van der Waals surface area contributed by atoms with Crippen LogP contribution in [0.15, 0.2) is 36.4 Å². The van der Waals surface area contributed by atoms with E-state index in [0.29, 0.717) is 25.1 Å². The van der Waals surface area contributed by atoms with Crippen LogP contribution < -0.4 is 5.32 Å². The topological polar surface area (TPSA) is 140 Å². The van der Waals surface area contributed by atoms with Gasteiger partial charge >= 0.3 is 0 Å². The molecule has 5 atom stereocenters. The first-order chi connectivity index (χ1) is 22.5. The standard InChI is InChI=1S/C39H56N2O7/c1-23(2)29-18-25(4)30(36-35(46)34(45)33(44)31(22-42)48-36)20-28(29)19-27-10-9-26(17-24(27)3)11-12-38(5,6)32(43)21-39(7,8)37(47)41-15-13-40-14-16-41/h9-12,17-18,20,23,31,33-36,40,42,44-46H,13-16,19,21-22H2,1-8H3/b12-11+/t31-,33+,34+,35+,36+/m1/s1. The molecule has 9 nitrogen and oxygen atoms in total. The second-order valence-electron chi connectivity index (χ2n) is 15.3. The third-order valence-corrected chi connectivity index (χ3v) is 10.1. The van der Waals surface area contributed by atoms with Gasteiger partial charge in [-0.25, -0.2) is 0 Å². The number of hydrogen-bond acceptors (Lipinski definition) is 8. The summed E-state index contributed by atoms with van der Waals surface area (Å²) in [6.07, 6.45) is -1.36. The summed E-state index contributed by atoms with van der Waals surface area (Å²) < 4.78 is 5.92. The highest BCUT2D eigenvalue weighted by Gasteiger charge is 2.44. The first-order valence-corrected chi connectivity index (χ1v) is 17.2. The molecule has 2 fully saturated rings. The van der Waals surface area contributed by atoms with Crippen LogP contribution in [-0.2, 0) is 20.7 Å². The zero-order chi connectivity index (χ0) is 35.6. The number of allylic oxidation sites excluding steroid dienone is 1. The third-order valence-electron chi connectivity index (χ3n) is 10.1. The van der Waals surface area contributed by atoms with E-state index in [9.17, 15) is 30.0 Å². The molecule has 0 aromatic heterocycles. The van der Waals surface area contributed by atoms with Crippen LogP contribution in [0.3, 0.4) is 0 Å². The van der Waals surface area contributed by atoms with Gasteiger partial charge in [-0.05, 0) is 79.0 Å². The minimum Gasteiger partial charge on any atom is -0.394 e. The maximum atomic E-state index is 13.5. The summed E-state index contributed by atoms with van der Waals surface area (Å²) in [4.78, 5) is 28.5. The molecule has 48 heavy (non-hydrogen) atoms. The summed E-state index contributed by atoms with van der Waals surface area (Å²) >= 11 is 0. The first-order valence-electron chi connectivity index (χ1n) is 17.2. The molecule has 9 heteroatoms. The van der Waals surface area contributed by atoms with Crippen LogP contribution in [0, 0.1) is 24.7 Å². The van der Waals surface area contributed by atoms with Crippen molar-refractivity contribution in [2.24, 2.45) is 10.8 Å². The monoisotopic (exact) mass is 664 g/mol. The molecule has 0 radical (unpaired) electrons. The minimum atomic E-state index is -1.44. The molecule has 2 aromatic carbocycles. The Hall–Kier alpha value is -2.92. The molecule has 0 spiro atoms. The van der Waals surface area contributed by atoms with Crippen LogP contribution in [0.25, 0.3) is 6.08 Å². The molecule has 1 amide bonds. The van der Waals surface area contributed by atoms with Gasteiger partial charge in [0, 0.05) is 38.0 Å². The zero-order valence-electron chi connectivity index (χ0n) is 29.9. The lowest BCUT2D eigenvalue weighted by atomic mass is 9.76. The van der Waals surface area contributed by atoms with Crippen LogP contribution >= 0.6 is 0 Å². The van der Waals surface area contributed by atoms with E-state index in [1.54, 1.807) is 0 Å². The highest BCUT2D eigenvalue weighted by molar-refractivity contribution is 5.93. The lowest BCUT2D eigenvalue weighted by molar-refractivity contribution is -0.231. The fraction of sp³-hybridized carbons (Fsp3) is 0.590. The van der Waals surface area contributed by atoms with Gasteiger partial charge < -0.3 is 35.4 Å². The normalized spacial score (nSPS) is 24.0. The van der Waals surface area contributed by atoms with Gasteiger partial charge in [0.1, 0.15) is 36.3 Å². The molecule has 0 unspecified atom stereocenters. The number of aryl methyl sites for hydroxylation is 2. The van der Waals surface area contributed by atoms with Gasteiger partial charge in [-0.3, -0.25) is 9.59 Å². The third kappa shape index (κ3) is 8.44. The van der Waals surface area contributed by atoms with Gasteiger partial charge in [-0.1, -0.05) is 70.2 Å². The van der Waals surface area contributed by atoms with E-state index in [2.05, 4.69) is 44.3 Å². The van der Waals surface area contributed by atoms with Crippen LogP contribution in [-0.4, -0.2) is 94.2 Å². The number of nitrogens with one attached hydrogen (secondary N) is 1. The van der Waals surface area contributed by atoms with E-state index in [0.717, 1.165) is 40.9 Å². The summed E-state index contributed by atoms with van der Waals surface area (Å²) in [5.74, 6) is 0.288. The molecule has 264 valence electrons. The Kier molecular flexibility index (Phi) is 12.1. The highest BCUT2D eigenvalue weighted by Crippen LogP contribution is 2.37. The quantitative estimate of drug-likeness (QED) is 0.243. The Bertz CT molecular complexity index is 1490. The van der Waals surface area contributed by atoms with E-state index >= 15 is 0 Å².